The first-order valence-electron chi connectivity index (χ1n) is 4.79. The lowest BCUT2D eigenvalue weighted by atomic mass is 10.2. The van der Waals surface area contributed by atoms with Crippen LogP contribution in [0.25, 0.3) is 0 Å². The summed E-state index contributed by atoms with van der Waals surface area (Å²) in [6.07, 6.45) is 1.17. The highest BCUT2D eigenvalue weighted by Crippen LogP contribution is 2.00. The van der Waals surface area contributed by atoms with E-state index in [0.717, 1.165) is 0 Å². The van der Waals surface area contributed by atoms with Crippen LogP contribution in [0.4, 0.5) is 0 Å². The van der Waals surface area contributed by atoms with E-state index < -0.39 is 14.0 Å². The molecular weight excluding hydrogens is 222 g/mol. The van der Waals surface area contributed by atoms with Crippen LogP contribution in [0.3, 0.4) is 0 Å². The fraction of sp³-hybridized carbons (Fsp3) is 0.273. The van der Waals surface area contributed by atoms with Crippen LogP contribution in [0.2, 0.25) is 19.6 Å². The largest absolute Gasteiger partial charge is 0.478 e. The average Bonchev–Trinajstić information content (AvgIpc) is 2.14. The van der Waals surface area contributed by atoms with Crippen molar-refractivity contribution in [1.29, 1.82) is 0 Å². The van der Waals surface area contributed by atoms with Crippen molar-refractivity contribution < 1.29 is 9.90 Å². The lowest BCUT2D eigenvalue weighted by molar-refractivity contribution is 0.0696. The number of aromatic nitrogens is 1. The molecule has 0 aliphatic heterocycles. The van der Waals surface area contributed by atoms with Gasteiger partial charge in [-0.1, -0.05) is 25.6 Å². The summed E-state index contributed by atoms with van der Waals surface area (Å²) in [5, 5.41) is 8.77. The molecule has 1 rings (SSSR count). The quantitative estimate of drug-likeness (QED) is 0.569. The first-order chi connectivity index (χ1) is 7.29. The topological polar surface area (TPSA) is 70.2 Å². The Morgan fingerprint density at radius 1 is 1.44 bits per heavy atom. The van der Waals surface area contributed by atoms with Crippen LogP contribution in [0.5, 0.6) is 0 Å². The first-order valence-corrected chi connectivity index (χ1v) is 8.29. The molecule has 0 bridgehead atoms. The molecule has 0 fully saturated rings. The minimum absolute atomic E-state index is 0.0412. The zero-order valence-corrected chi connectivity index (χ0v) is 10.4. The van der Waals surface area contributed by atoms with E-state index in [0.29, 0.717) is 0 Å². The summed E-state index contributed by atoms with van der Waals surface area (Å²) in [6.45, 7) is 6.15. The van der Waals surface area contributed by atoms with Crippen LogP contribution in [0.1, 0.15) is 15.9 Å². The Morgan fingerprint density at radius 2 is 2.06 bits per heavy atom. The number of carboxylic acid groups (broad SMARTS) is 1. The van der Waals surface area contributed by atoms with Crippen LogP contribution >= 0.6 is 0 Å². The molecule has 0 unspecified atom stereocenters. The molecule has 2 N–H and O–H groups in total. The van der Waals surface area contributed by atoms with Gasteiger partial charge < -0.3 is 10.1 Å². The number of carboxylic acids is 1. The van der Waals surface area contributed by atoms with Crippen molar-refractivity contribution in [2.45, 2.75) is 19.6 Å². The molecular formula is C11H13NO3Si. The summed E-state index contributed by atoms with van der Waals surface area (Å²) in [7, 11) is -1.57. The Balaban J connectivity index is 3.22. The number of hydrogen-bond acceptors (Lipinski definition) is 2. The third kappa shape index (κ3) is 3.40. The lowest BCUT2D eigenvalue weighted by Crippen LogP contribution is -2.18. The van der Waals surface area contributed by atoms with E-state index in [2.05, 4.69) is 36.1 Å². The van der Waals surface area contributed by atoms with Gasteiger partial charge in [0, 0.05) is 6.20 Å². The number of hydrogen-bond donors (Lipinski definition) is 2. The van der Waals surface area contributed by atoms with Crippen molar-refractivity contribution in [1.82, 2.24) is 4.98 Å². The maximum atomic E-state index is 11.4. The van der Waals surface area contributed by atoms with Crippen molar-refractivity contribution >= 4 is 14.0 Å². The van der Waals surface area contributed by atoms with Crippen LogP contribution < -0.4 is 5.56 Å². The van der Waals surface area contributed by atoms with Crippen molar-refractivity contribution in [2.24, 2.45) is 0 Å². The molecule has 0 atom stereocenters. The standard InChI is InChI=1S/C11H13NO3Si/c1-16(2,3)5-4-8-6-9(11(14)15)7-12-10(8)13/h6-7H,1-3H3,(H,12,13)(H,14,15). The van der Waals surface area contributed by atoms with Crippen molar-refractivity contribution in [3.05, 3.63) is 33.7 Å². The van der Waals surface area contributed by atoms with E-state index in [-0.39, 0.29) is 16.7 Å². The summed E-state index contributed by atoms with van der Waals surface area (Å²) in [4.78, 5) is 24.4. The fourth-order valence-electron chi connectivity index (χ4n) is 0.955. The van der Waals surface area contributed by atoms with E-state index in [1.807, 2.05) is 0 Å². The first kappa shape index (κ1) is 12.3. The molecule has 0 radical (unpaired) electrons. The number of carbonyl (C=O) groups is 1. The van der Waals surface area contributed by atoms with Gasteiger partial charge in [0.15, 0.2) is 0 Å². The van der Waals surface area contributed by atoms with Gasteiger partial charge in [0.05, 0.1) is 11.1 Å². The molecule has 0 saturated heterocycles. The zero-order chi connectivity index (χ0) is 12.3. The normalized spacial score (nSPS) is 10.4. The van der Waals surface area contributed by atoms with Crippen LogP contribution in [-0.4, -0.2) is 24.1 Å². The molecule has 16 heavy (non-hydrogen) atoms. The highest BCUT2D eigenvalue weighted by molar-refractivity contribution is 6.83. The second kappa shape index (κ2) is 4.37. The van der Waals surface area contributed by atoms with Crippen LogP contribution in [-0.2, 0) is 0 Å². The summed E-state index contributed by atoms with van der Waals surface area (Å²) in [5.41, 5.74) is 2.92. The Labute approximate surface area is 94.3 Å². The number of aromatic carboxylic acids is 1. The van der Waals surface area contributed by atoms with Crippen LogP contribution in [0, 0.1) is 11.5 Å². The van der Waals surface area contributed by atoms with Crippen molar-refractivity contribution in [3.8, 4) is 11.5 Å². The molecule has 1 heterocycles. The zero-order valence-electron chi connectivity index (χ0n) is 9.42. The maximum absolute atomic E-state index is 11.4. The van der Waals surface area contributed by atoms with E-state index >= 15 is 0 Å². The Kier molecular flexibility index (Phi) is 3.35. The van der Waals surface area contributed by atoms with Gasteiger partial charge in [-0.2, -0.15) is 0 Å². The van der Waals surface area contributed by atoms with Gasteiger partial charge in [-0.05, 0) is 6.07 Å². The lowest BCUT2D eigenvalue weighted by Gasteiger charge is -2.03. The maximum Gasteiger partial charge on any atom is 0.337 e. The van der Waals surface area contributed by atoms with Crippen molar-refractivity contribution in [2.75, 3.05) is 0 Å². The predicted octanol–water partition coefficient (Wildman–Crippen LogP) is 1.30. The van der Waals surface area contributed by atoms with E-state index in [4.69, 9.17) is 5.11 Å². The number of rotatable bonds is 1. The second-order valence-corrected chi connectivity index (χ2v) is 9.19. The molecule has 5 heteroatoms. The second-order valence-electron chi connectivity index (χ2n) is 4.44. The number of aromatic amines is 1. The van der Waals surface area contributed by atoms with Crippen molar-refractivity contribution in [3.63, 3.8) is 0 Å². The van der Waals surface area contributed by atoms with Gasteiger partial charge in [-0.3, -0.25) is 4.79 Å². The Bertz CT molecular complexity index is 529. The Morgan fingerprint density at radius 3 is 2.56 bits per heavy atom. The van der Waals surface area contributed by atoms with Gasteiger partial charge in [0.25, 0.3) is 5.56 Å². The molecule has 84 valence electrons. The molecule has 0 aliphatic rings. The summed E-state index contributed by atoms with van der Waals surface area (Å²) >= 11 is 0. The summed E-state index contributed by atoms with van der Waals surface area (Å²) < 4.78 is 0. The van der Waals surface area contributed by atoms with Gasteiger partial charge in [0.2, 0.25) is 0 Å². The number of nitrogens with one attached hydrogen (secondary N) is 1. The van der Waals surface area contributed by atoms with E-state index in [1.165, 1.54) is 12.3 Å². The van der Waals surface area contributed by atoms with E-state index in [1.54, 1.807) is 0 Å². The highest BCUT2D eigenvalue weighted by atomic mass is 28.3. The minimum Gasteiger partial charge on any atom is -0.478 e. The third-order valence-corrected chi connectivity index (χ3v) is 2.60. The SMILES string of the molecule is C[Si](C)(C)C#Cc1cc(C(=O)O)c[nH]c1=O. The monoisotopic (exact) mass is 235 g/mol. The van der Waals surface area contributed by atoms with Crippen LogP contribution in [0.15, 0.2) is 17.1 Å². The van der Waals surface area contributed by atoms with Gasteiger partial charge in [-0.25, -0.2) is 4.79 Å². The fourth-order valence-corrected chi connectivity index (χ4v) is 1.46. The van der Waals surface area contributed by atoms with Gasteiger partial charge in [-0.15, -0.1) is 5.54 Å². The van der Waals surface area contributed by atoms with Gasteiger partial charge in [0.1, 0.15) is 8.07 Å². The Hall–Kier alpha value is -1.80. The molecule has 0 amide bonds. The molecule has 0 spiro atoms. The average molecular weight is 235 g/mol. The molecule has 0 aromatic carbocycles. The number of H-pyrrole nitrogens is 1. The molecule has 1 aromatic rings. The smallest absolute Gasteiger partial charge is 0.337 e. The van der Waals surface area contributed by atoms with Gasteiger partial charge >= 0.3 is 5.97 Å². The predicted molar refractivity (Wildman–Crippen MR) is 64.2 cm³/mol. The molecule has 4 nitrogen and oxygen atoms in total. The number of pyridine rings is 1. The highest BCUT2D eigenvalue weighted by Gasteiger charge is 2.09. The molecule has 0 saturated carbocycles. The summed E-state index contributed by atoms with van der Waals surface area (Å²) in [6, 6.07) is 1.30. The van der Waals surface area contributed by atoms with E-state index in [9.17, 15) is 9.59 Å². The third-order valence-electron chi connectivity index (χ3n) is 1.72. The molecule has 1 aromatic heterocycles. The summed E-state index contributed by atoms with van der Waals surface area (Å²) in [5.74, 6) is 1.68. The minimum atomic E-state index is -1.57. The molecule has 0 aliphatic carbocycles.